The molecular weight excluding hydrogens is 145 g/mol. The largest absolute Gasteiger partial charge is 0.198 e. The molecule has 0 aliphatic rings. The van der Waals surface area contributed by atoms with E-state index in [4.69, 9.17) is 28.5 Å². The van der Waals surface area contributed by atoms with Gasteiger partial charge in [0.2, 0.25) is 0 Å². The van der Waals surface area contributed by atoms with Gasteiger partial charge in [-0.1, -0.05) is 0 Å². The quantitative estimate of drug-likeness (QED) is 0.450. The molecule has 0 amide bonds. The van der Waals surface area contributed by atoms with Crippen LogP contribution in [0.1, 0.15) is 19.3 Å². The lowest BCUT2D eigenvalue weighted by molar-refractivity contribution is 0.802. The number of hydrogen-bond acceptors (Lipinski definition) is 1. The fraction of sp³-hybridized carbons (Fsp3) is 0.800. The molecule has 0 saturated carbocycles. The third-order valence-corrected chi connectivity index (χ3v) is 1.15. The molecule has 0 aliphatic carbocycles. The van der Waals surface area contributed by atoms with Crippen LogP contribution in [0.5, 0.6) is 0 Å². The summed E-state index contributed by atoms with van der Waals surface area (Å²) in [6, 6.07) is 2.01. The van der Waals surface area contributed by atoms with Crippen molar-refractivity contribution >= 4 is 23.2 Å². The van der Waals surface area contributed by atoms with Crippen molar-refractivity contribution in [2.45, 2.75) is 24.1 Å². The van der Waals surface area contributed by atoms with Crippen LogP contribution in [0.25, 0.3) is 0 Å². The van der Waals surface area contributed by atoms with Gasteiger partial charge < -0.3 is 0 Å². The lowest BCUT2D eigenvalue weighted by Gasteiger charge is -1.93. The Kier molecular flexibility index (Phi) is 5.26. The summed E-state index contributed by atoms with van der Waals surface area (Å²) in [5, 5.41) is 8.04. The predicted molar refractivity (Wildman–Crippen MR) is 35.0 cm³/mol. The van der Waals surface area contributed by atoms with E-state index < -0.39 is 0 Å². The maximum absolute atomic E-state index is 8.04. The number of alkyl halides is 2. The lowest BCUT2D eigenvalue weighted by atomic mass is 10.3. The van der Waals surface area contributed by atoms with Gasteiger partial charge in [-0.05, 0) is 12.8 Å². The molecule has 0 aliphatic heterocycles. The second kappa shape index (κ2) is 5.21. The van der Waals surface area contributed by atoms with Crippen LogP contribution in [0.2, 0.25) is 0 Å². The van der Waals surface area contributed by atoms with Gasteiger partial charge in [0.1, 0.15) is 4.84 Å². The monoisotopic (exact) mass is 151 g/mol. The lowest BCUT2D eigenvalue weighted by Crippen LogP contribution is -1.84. The highest BCUT2D eigenvalue weighted by molar-refractivity contribution is 6.44. The topological polar surface area (TPSA) is 23.8 Å². The SMILES string of the molecule is N#CCCCC(Cl)Cl. The molecule has 0 rings (SSSR count). The van der Waals surface area contributed by atoms with E-state index in [-0.39, 0.29) is 4.84 Å². The van der Waals surface area contributed by atoms with Crippen LogP contribution in [-0.2, 0) is 0 Å². The van der Waals surface area contributed by atoms with E-state index in [0.717, 1.165) is 12.8 Å². The van der Waals surface area contributed by atoms with E-state index in [1.807, 2.05) is 6.07 Å². The van der Waals surface area contributed by atoms with Crippen LogP contribution in [0.4, 0.5) is 0 Å². The molecule has 0 fully saturated rings. The summed E-state index contributed by atoms with van der Waals surface area (Å²) >= 11 is 10.7. The molecule has 8 heavy (non-hydrogen) atoms. The van der Waals surface area contributed by atoms with Crippen LogP contribution in [0.3, 0.4) is 0 Å². The summed E-state index contributed by atoms with van der Waals surface area (Å²) in [7, 11) is 0. The Labute approximate surface area is 59.2 Å². The number of hydrogen-bond donors (Lipinski definition) is 0. The van der Waals surface area contributed by atoms with Crippen molar-refractivity contribution in [3.05, 3.63) is 0 Å². The molecule has 0 spiro atoms. The van der Waals surface area contributed by atoms with E-state index >= 15 is 0 Å². The van der Waals surface area contributed by atoms with Crippen molar-refractivity contribution in [3.8, 4) is 6.07 Å². The Balaban J connectivity index is 2.85. The molecule has 0 N–H and O–H groups in total. The van der Waals surface area contributed by atoms with Gasteiger partial charge in [0, 0.05) is 6.42 Å². The fourth-order valence-corrected chi connectivity index (χ4v) is 0.644. The molecule has 0 heterocycles. The number of nitriles is 1. The van der Waals surface area contributed by atoms with E-state index in [9.17, 15) is 0 Å². The molecule has 0 aromatic rings. The molecule has 46 valence electrons. The van der Waals surface area contributed by atoms with Crippen molar-refractivity contribution < 1.29 is 0 Å². The maximum atomic E-state index is 8.04. The van der Waals surface area contributed by atoms with Gasteiger partial charge in [-0.15, -0.1) is 23.2 Å². The van der Waals surface area contributed by atoms with Crippen LogP contribution < -0.4 is 0 Å². The summed E-state index contributed by atoms with van der Waals surface area (Å²) in [6.45, 7) is 0. The third-order valence-electron chi connectivity index (χ3n) is 0.711. The summed E-state index contributed by atoms with van der Waals surface area (Å²) in [4.78, 5) is -0.302. The minimum Gasteiger partial charge on any atom is -0.198 e. The van der Waals surface area contributed by atoms with Crippen LogP contribution in [0.15, 0.2) is 0 Å². The Bertz CT molecular complexity index is 84.9. The Morgan fingerprint density at radius 2 is 2.12 bits per heavy atom. The van der Waals surface area contributed by atoms with Crippen molar-refractivity contribution in [1.82, 2.24) is 0 Å². The summed E-state index contributed by atoms with van der Waals surface area (Å²) in [6.07, 6.45) is 2.07. The second-order valence-corrected chi connectivity index (χ2v) is 2.72. The van der Waals surface area contributed by atoms with E-state index in [1.54, 1.807) is 0 Å². The molecule has 1 nitrogen and oxygen atoms in total. The molecule has 0 aromatic heterocycles. The first-order valence-corrected chi connectivity index (χ1v) is 3.29. The van der Waals surface area contributed by atoms with Crippen LogP contribution >= 0.6 is 23.2 Å². The zero-order valence-corrected chi connectivity index (χ0v) is 5.91. The molecular formula is C5H7Cl2N. The number of nitrogens with zero attached hydrogens (tertiary/aromatic N) is 1. The van der Waals surface area contributed by atoms with Gasteiger partial charge in [0.25, 0.3) is 0 Å². The zero-order chi connectivity index (χ0) is 6.41. The smallest absolute Gasteiger partial charge is 0.107 e. The molecule has 0 atom stereocenters. The summed E-state index contributed by atoms with van der Waals surface area (Å²) in [5.41, 5.74) is 0. The van der Waals surface area contributed by atoms with Gasteiger partial charge in [-0.25, -0.2) is 0 Å². The molecule has 0 saturated heterocycles. The molecule has 3 heteroatoms. The Morgan fingerprint density at radius 3 is 2.50 bits per heavy atom. The summed E-state index contributed by atoms with van der Waals surface area (Å²) in [5.74, 6) is 0. The van der Waals surface area contributed by atoms with Gasteiger partial charge in [-0.2, -0.15) is 5.26 Å². The Morgan fingerprint density at radius 1 is 1.50 bits per heavy atom. The molecule has 0 bridgehead atoms. The average Bonchev–Trinajstić information content (AvgIpc) is 1.66. The highest BCUT2D eigenvalue weighted by Crippen LogP contribution is 2.10. The number of rotatable bonds is 3. The predicted octanol–water partition coefficient (Wildman–Crippen LogP) is 2.48. The Hall–Kier alpha value is 0.0700. The first-order valence-electron chi connectivity index (χ1n) is 2.42. The maximum Gasteiger partial charge on any atom is 0.107 e. The second-order valence-electron chi connectivity index (χ2n) is 1.44. The standard InChI is InChI=1S/C5H7Cl2N/c6-5(7)3-1-2-4-8/h5H,1-3H2. The first-order chi connectivity index (χ1) is 3.77. The van der Waals surface area contributed by atoms with Crippen molar-refractivity contribution in [2.75, 3.05) is 0 Å². The van der Waals surface area contributed by atoms with Crippen molar-refractivity contribution in [1.29, 1.82) is 5.26 Å². The van der Waals surface area contributed by atoms with Crippen LogP contribution in [-0.4, -0.2) is 4.84 Å². The van der Waals surface area contributed by atoms with Gasteiger partial charge >= 0.3 is 0 Å². The average molecular weight is 152 g/mol. The molecule has 0 radical (unpaired) electrons. The van der Waals surface area contributed by atoms with Gasteiger partial charge in [-0.3, -0.25) is 0 Å². The number of halogens is 2. The van der Waals surface area contributed by atoms with Gasteiger partial charge in [0.15, 0.2) is 0 Å². The third kappa shape index (κ3) is 6.07. The summed E-state index contributed by atoms with van der Waals surface area (Å²) < 4.78 is 0. The van der Waals surface area contributed by atoms with E-state index in [2.05, 4.69) is 0 Å². The minimum atomic E-state index is -0.302. The van der Waals surface area contributed by atoms with Crippen molar-refractivity contribution in [2.24, 2.45) is 0 Å². The normalized spacial score (nSPS) is 9.25. The fourth-order valence-electron chi connectivity index (χ4n) is 0.335. The highest BCUT2D eigenvalue weighted by Gasteiger charge is 1.95. The van der Waals surface area contributed by atoms with Crippen LogP contribution in [0, 0.1) is 11.3 Å². The molecule has 0 unspecified atom stereocenters. The van der Waals surface area contributed by atoms with E-state index in [1.165, 1.54) is 0 Å². The van der Waals surface area contributed by atoms with E-state index in [0.29, 0.717) is 6.42 Å². The zero-order valence-electron chi connectivity index (χ0n) is 4.40. The van der Waals surface area contributed by atoms with Crippen molar-refractivity contribution in [3.63, 3.8) is 0 Å². The first kappa shape index (κ1) is 8.07. The minimum absolute atomic E-state index is 0.302. The van der Waals surface area contributed by atoms with Gasteiger partial charge in [0.05, 0.1) is 6.07 Å². The number of unbranched alkanes of at least 4 members (excludes halogenated alkanes) is 1. The highest BCUT2D eigenvalue weighted by atomic mass is 35.5. The molecule has 0 aromatic carbocycles.